The fraction of sp³-hybridized carbons (Fsp3) is 0.500. The molecule has 2 aliphatic heterocycles. The lowest BCUT2D eigenvalue weighted by molar-refractivity contribution is -0.140. The van der Waals surface area contributed by atoms with Crippen LogP contribution in [0.25, 0.3) is 0 Å². The van der Waals surface area contributed by atoms with Gasteiger partial charge in [0.05, 0.1) is 11.1 Å². The van der Waals surface area contributed by atoms with Crippen molar-refractivity contribution >= 4 is 17.7 Å². The first kappa shape index (κ1) is 22.6. The molecule has 5 rings (SSSR count). The van der Waals surface area contributed by atoms with Crippen molar-refractivity contribution < 1.29 is 27.4 Å². The van der Waals surface area contributed by atoms with E-state index in [1.807, 2.05) is 13.8 Å². The molecule has 33 heavy (non-hydrogen) atoms. The fourth-order valence-corrected chi connectivity index (χ4v) is 7.82. The van der Waals surface area contributed by atoms with Gasteiger partial charge in [-0.15, -0.1) is 0 Å². The molecular formula is C26H27F3O3S. The topological polar surface area (TPSA) is 35.5 Å². The number of halogens is 3. The number of hydrogen-bond acceptors (Lipinski definition) is 4. The van der Waals surface area contributed by atoms with Crippen molar-refractivity contribution in [2.24, 2.45) is 17.8 Å². The van der Waals surface area contributed by atoms with Gasteiger partial charge in [0.25, 0.3) is 0 Å². The molecule has 4 unspecified atom stereocenters. The average Bonchev–Trinajstić information content (AvgIpc) is 3.46. The molecule has 2 bridgehead atoms. The van der Waals surface area contributed by atoms with E-state index in [0.717, 1.165) is 25.0 Å². The van der Waals surface area contributed by atoms with E-state index in [2.05, 4.69) is 11.8 Å². The highest BCUT2D eigenvalue weighted by Gasteiger charge is 2.59. The molecule has 0 radical (unpaired) electrons. The lowest BCUT2D eigenvalue weighted by Gasteiger charge is -2.36. The van der Waals surface area contributed by atoms with Gasteiger partial charge in [-0.05, 0) is 73.8 Å². The van der Waals surface area contributed by atoms with Crippen molar-refractivity contribution in [1.29, 1.82) is 0 Å². The first-order valence-corrected chi connectivity index (χ1v) is 12.4. The molecule has 2 aromatic rings. The lowest BCUT2D eigenvalue weighted by Crippen LogP contribution is -2.40. The maximum Gasteiger partial charge on any atom is 0.419 e. The number of carbonyl (C=O) groups excluding carboxylic acids is 1. The van der Waals surface area contributed by atoms with Crippen molar-refractivity contribution in [1.82, 2.24) is 0 Å². The van der Waals surface area contributed by atoms with Gasteiger partial charge in [0.2, 0.25) is 0 Å². The van der Waals surface area contributed by atoms with E-state index in [9.17, 15) is 18.0 Å². The molecule has 4 atom stereocenters. The van der Waals surface area contributed by atoms with E-state index in [1.54, 1.807) is 30.3 Å². The molecule has 1 saturated carbocycles. The Morgan fingerprint density at radius 1 is 1.03 bits per heavy atom. The molecule has 3 nitrogen and oxygen atoms in total. The third-order valence-electron chi connectivity index (χ3n) is 7.59. The van der Waals surface area contributed by atoms with E-state index in [0.29, 0.717) is 28.1 Å². The van der Waals surface area contributed by atoms with Gasteiger partial charge in [-0.25, -0.2) is 4.79 Å². The van der Waals surface area contributed by atoms with Crippen LogP contribution < -0.4 is 9.47 Å². The van der Waals surface area contributed by atoms with Crippen LogP contribution in [0.1, 0.15) is 55.5 Å². The van der Waals surface area contributed by atoms with Crippen molar-refractivity contribution in [3.63, 3.8) is 0 Å². The Morgan fingerprint density at radius 2 is 1.67 bits per heavy atom. The molecule has 0 amide bonds. The summed E-state index contributed by atoms with van der Waals surface area (Å²) < 4.78 is 53.4. The lowest BCUT2D eigenvalue weighted by atomic mass is 9.82. The van der Waals surface area contributed by atoms with Crippen LogP contribution in [-0.4, -0.2) is 22.1 Å². The molecule has 2 heterocycles. The quantitative estimate of drug-likeness (QED) is 0.344. The van der Waals surface area contributed by atoms with Gasteiger partial charge in [0.15, 0.2) is 0 Å². The van der Waals surface area contributed by atoms with E-state index < -0.39 is 23.3 Å². The molecule has 3 fully saturated rings. The van der Waals surface area contributed by atoms with Gasteiger partial charge >= 0.3 is 12.1 Å². The highest BCUT2D eigenvalue weighted by molar-refractivity contribution is 8.01. The summed E-state index contributed by atoms with van der Waals surface area (Å²) in [7, 11) is 0. The number of hydrogen-bond donors (Lipinski definition) is 0. The summed E-state index contributed by atoms with van der Waals surface area (Å²) in [4.78, 5) is 12.7. The Labute approximate surface area is 196 Å². The van der Waals surface area contributed by atoms with Crippen LogP contribution in [0.4, 0.5) is 13.2 Å². The monoisotopic (exact) mass is 476 g/mol. The van der Waals surface area contributed by atoms with E-state index in [4.69, 9.17) is 9.47 Å². The molecular weight excluding hydrogens is 449 g/mol. The maximum absolute atomic E-state index is 13.9. The second-order valence-corrected chi connectivity index (χ2v) is 11.2. The number of carbonyl (C=O) groups is 1. The van der Waals surface area contributed by atoms with Crippen molar-refractivity contribution in [3.8, 4) is 11.5 Å². The van der Waals surface area contributed by atoms with Gasteiger partial charge < -0.3 is 9.47 Å². The van der Waals surface area contributed by atoms with Crippen LogP contribution in [0.5, 0.6) is 11.5 Å². The maximum atomic E-state index is 13.9. The molecule has 176 valence electrons. The minimum Gasteiger partial charge on any atom is -0.486 e. The predicted octanol–water partition coefficient (Wildman–Crippen LogP) is 7.00. The van der Waals surface area contributed by atoms with Crippen molar-refractivity contribution in [2.45, 2.75) is 61.8 Å². The molecule has 1 aliphatic carbocycles. The Hall–Kier alpha value is -2.15. The molecule has 3 aliphatic rings. The largest absolute Gasteiger partial charge is 0.486 e. The zero-order valence-corrected chi connectivity index (χ0v) is 19.4. The van der Waals surface area contributed by atoms with Crippen molar-refractivity contribution in [3.05, 3.63) is 59.7 Å². The number of alkyl halides is 3. The number of esters is 1. The normalized spacial score (nSPS) is 30.5. The standard InChI is InChI=1S/C26H27F3O3S/c1-15(2)25(13-18-19(14-25)23-11-10-22(18)33-23)32-21-12-16(8-9-20(21)26(27,28)29)24(30)31-17-6-4-3-5-7-17/h3-9,12,15,18-19,22-23H,10-11,13-14H2,1-2H3. The average molecular weight is 477 g/mol. The van der Waals surface area contributed by atoms with Gasteiger partial charge in [-0.1, -0.05) is 32.0 Å². The number of fused-ring (bicyclic) bond motifs is 5. The smallest absolute Gasteiger partial charge is 0.419 e. The van der Waals surface area contributed by atoms with E-state index in [-0.39, 0.29) is 17.2 Å². The summed E-state index contributed by atoms with van der Waals surface area (Å²) >= 11 is 2.06. The highest BCUT2D eigenvalue weighted by atomic mass is 32.2. The summed E-state index contributed by atoms with van der Waals surface area (Å²) in [6.45, 7) is 4.05. The van der Waals surface area contributed by atoms with E-state index in [1.165, 1.54) is 18.9 Å². The first-order valence-electron chi connectivity index (χ1n) is 11.5. The Bertz CT molecular complexity index is 1020. The van der Waals surface area contributed by atoms with Crippen LogP contribution >= 0.6 is 11.8 Å². The van der Waals surface area contributed by atoms with Crippen LogP contribution in [0, 0.1) is 17.8 Å². The van der Waals surface area contributed by atoms with Gasteiger partial charge in [-0.2, -0.15) is 24.9 Å². The molecule has 0 aromatic heterocycles. The third kappa shape index (κ3) is 4.13. The Morgan fingerprint density at radius 3 is 2.24 bits per heavy atom. The minimum atomic E-state index is -4.58. The molecule has 2 aromatic carbocycles. The first-order chi connectivity index (χ1) is 15.7. The number of thioether (sulfide) groups is 1. The number of benzene rings is 2. The third-order valence-corrected chi connectivity index (χ3v) is 9.46. The Kier molecular flexibility index (Phi) is 5.66. The highest BCUT2D eigenvalue weighted by Crippen LogP contribution is 2.63. The van der Waals surface area contributed by atoms with E-state index >= 15 is 0 Å². The second kappa shape index (κ2) is 8.26. The molecule has 7 heteroatoms. The van der Waals surface area contributed by atoms with Crippen molar-refractivity contribution in [2.75, 3.05) is 0 Å². The summed E-state index contributed by atoms with van der Waals surface area (Å²) in [6, 6.07) is 11.8. The van der Waals surface area contributed by atoms with Crippen LogP contribution in [0.3, 0.4) is 0 Å². The second-order valence-electron chi connectivity index (χ2n) is 9.76. The van der Waals surface area contributed by atoms with Gasteiger partial charge in [0.1, 0.15) is 17.1 Å². The summed E-state index contributed by atoms with van der Waals surface area (Å²) in [5.74, 6) is 0.386. The van der Waals surface area contributed by atoms with Gasteiger partial charge in [0, 0.05) is 10.5 Å². The van der Waals surface area contributed by atoms with Crippen LogP contribution in [0.2, 0.25) is 0 Å². The SMILES string of the molecule is CC(C)C1(Oc2cc(C(=O)Oc3ccccc3)ccc2C(F)(F)F)CC2C3CCC(S3)C2C1. The minimum absolute atomic E-state index is 0.0366. The summed E-state index contributed by atoms with van der Waals surface area (Å²) in [5, 5.41) is 1.19. The van der Waals surface area contributed by atoms with Gasteiger partial charge in [-0.3, -0.25) is 0 Å². The summed E-state index contributed by atoms with van der Waals surface area (Å²) in [5.41, 5.74) is -1.48. The number of para-hydroxylation sites is 1. The fourth-order valence-electron chi connectivity index (χ4n) is 5.83. The van der Waals surface area contributed by atoms with Crippen LogP contribution in [-0.2, 0) is 6.18 Å². The predicted molar refractivity (Wildman–Crippen MR) is 122 cm³/mol. The zero-order chi connectivity index (χ0) is 23.4. The molecule has 2 saturated heterocycles. The zero-order valence-electron chi connectivity index (χ0n) is 18.6. The number of ether oxygens (including phenoxy) is 2. The summed E-state index contributed by atoms with van der Waals surface area (Å²) in [6.07, 6.45) is -0.670. The number of rotatable bonds is 5. The molecule has 0 spiro atoms. The van der Waals surface area contributed by atoms with Crippen LogP contribution in [0.15, 0.2) is 48.5 Å². The Balaban J connectivity index is 1.46. The molecule has 0 N–H and O–H groups in total.